The number of esters is 1. The number of fused-ring (bicyclic) bond motifs is 1. The van der Waals surface area contributed by atoms with Gasteiger partial charge >= 0.3 is 5.97 Å². The van der Waals surface area contributed by atoms with E-state index in [1.165, 1.54) is 39.5 Å². The molecule has 0 bridgehead atoms. The quantitative estimate of drug-likeness (QED) is 0.665. The van der Waals surface area contributed by atoms with Crippen molar-refractivity contribution in [3.8, 4) is 6.07 Å². The molecule has 2 aromatic heterocycles. The molecule has 0 spiro atoms. The molecule has 3 rings (SSSR count). The first-order valence-corrected chi connectivity index (χ1v) is 9.43. The van der Waals surface area contributed by atoms with Gasteiger partial charge in [-0.3, -0.25) is 4.79 Å². The fourth-order valence-corrected chi connectivity index (χ4v) is 4.53. The highest BCUT2D eigenvalue weighted by atomic mass is 32.1. The molecule has 1 N–H and O–H groups in total. The van der Waals surface area contributed by atoms with Gasteiger partial charge in [-0.05, 0) is 48.8 Å². The van der Waals surface area contributed by atoms with Gasteiger partial charge in [-0.1, -0.05) is 6.42 Å². The predicted molar refractivity (Wildman–Crippen MR) is 93.5 cm³/mol. The molecule has 1 aliphatic rings. The number of nitriles is 1. The molecule has 0 saturated heterocycles. The molecule has 124 valence electrons. The van der Waals surface area contributed by atoms with Crippen molar-refractivity contribution in [1.82, 2.24) is 0 Å². The first-order valence-electron chi connectivity index (χ1n) is 7.73. The minimum absolute atomic E-state index is 0.357. The molecule has 2 aromatic rings. The van der Waals surface area contributed by atoms with Crippen molar-refractivity contribution in [3.63, 3.8) is 0 Å². The number of amides is 1. The van der Waals surface area contributed by atoms with Gasteiger partial charge in [-0.15, -0.1) is 22.7 Å². The number of nitrogens with zero attached hydrogens (tertiary/aromatic N) is 1. The van der Waals surface area contributed by atoms with Gasteiger partial charge in [-0.2, -0.15) is 5.26 Å². The SMILES string of the molecule is N#Cc1ccsc1NC(=O)COC(=O)c1cc2c(s1)CCCCC2. The third-order valence-corrected chi connectivity index (χ3v) is 5.87. The normalized spacial score (nSPS) is 13.5. The molecule has 0 atom stereocenters. The number of carbonyl (C=O) groups is 2. The number of aryl methyl sites for hydroxylation is 2. The standard InChI is InChI=1S/C17H16N2O3S2/c18-9-12-6-7-23-16(12)19-15(20)10-22-17(21)14-8-11-4-2-1-3-5-13(11)24-14/h6-8H,1-5,10H2,(H,19,20). The van der Waals surface area contributed by atoms with E-state index in [1.54, 1.807) is 11.4 Å². The van der Waals surface area contributed by atoms with Crippen LogP contribution in [0.1, 0.15) is 44.9 Å². The van der Waals surface area contributed by atoms with Crippen LogP contribution in [0.4, 0.5) is 5.00 Å². The number of carbonyl (C=O) groups excluding carboxylic acids is 2. The lowest BCUT2D eigenvalue weighted by Gasteiger charge is -2.04. The lowest BCUT2D eigenvalue weighted by atomic mass is 10.1. The maximum Gasteiger partial charge on any atom is 0.348 e. The summed E-state index contributed by atoms with van der Waals surface area (Å²) in [6, 6.07) is 5.53. The number of thiophene rings is 2. The molecule has 2 heterocycles. The first-order chi connectivity index (χ1) is 11.7. The van der Waals surface area contributed by atoms with E-state index < -0.39 is 11.9 Å². The summed E-state index contributed by atoms with van der Waals surface area (Å²) in [5.41, 5.74) is 1.65. The molecule has 0 aliphatic heterocycles. The zero-order valence-electron chi connectivity index (χ0n) is 13.0. The van der Waals surface area contributed by atoms with Crippen LogP contribution in [0.5, 0.6) is 0 Å². The van der Waals surface area contributed by atoms with Crippen LogP contribution < -0.4 is 5.32 Å². The second-order valence-corrected chi connectivity index (χ2v) is 7.57. The molecule has 1 amide bonds. The largest absolute Gasteiger partial charge is 0.451 e. The average molecular weight is 360 g/mol. The van der Waals surface area contributed by atoms with E-state index in [0.717, 1.165) is 25.7 Å². The molecule has 0 fully saturated rings. The van der Waals surface area contributed by atoms with Gasteiger partial charge in [0.15, 0.2) is 6.61 Å². The first kappa shape index (κ1) is 16.7. The van der Waals surface area contributed by atoms with Crippen molar-refractivity contribution in [2.45, 2.75) is 32.1 Å². The fraction of sp³-hybridized carbons (Fsp3) is 0.353. The van der Waals surface area contributed by atoms with Crippen LogP contribution in [-0.2, 0) is 22.4 Å². The summed E-state index contributed by atoms with van der Waals surface area (Å²) in [6.45, 7) is -0.357. The van der Waals surface area contributed by atoms with E-state index in [1.807, 2.05) is 12.1 Å². The van der Waals surface area contributed by atoms with Gasteiger partial charge in [0.05, 0.1) is 5.56 Å². The Morgan fingerprint density at radius 2 is 2.12 bits per heavy atom. The van der Waals surface area contributed by atoms with Crippen molar-refractivity contribution < 1.29 is 14.3 Å². The van der Waals surface area contributed by atoms with E-state index in [0.29, 0.717) is 15.4 Å². The maximum atomic E-state index is 12.1. The highest BCUT2D eigenvalue weighted by Gasteiger charge is 2.18. The predicted octanol–water partition coefficient (Wildman–Crippen LogP) is 3.75. The molecule has 0 unspecified atom stereocenters. The van der Waals surface area contributed by atoms with Gasteiger partial charge in [-0.25, -0.2) is 4.79 Å². The molecular weight excluding hydrogens is 344 g/mol. The van der Waals surface area contributed by atoms with Crippen LogP contribution in [0, 0.1) is 11.3 Å². The molecule has 0 aromatic carbocycles. The highest BCUT2D eigenvalue weighted by molar-refractivity contribution is 7.14. The molecule has 24 heavy (non-hydrogen) atoms. The Kier molecular flexibility index (Phi) is 5.28. The smallest absolute Gasteiger partial charge is 0.348 e. The number of hydrogen-bond donors (Lipinski definition) is 1. The van der Waals surface area contributed by atoms with E-state index in [-0.39, 0.29) is 6.61 Å². The molecule has 0 saturated carbocycles. The van der Waals surface area contributed by atoms with Crippen molar-refractivity contribution in [3.05, 3.63) is 38.4 Å². The summed E-state index contributed by atoms with van der Waals surface area (Å²) in [5.74, 6) is -0.907. The Bertz CT molecular complexity index is 778. The Morgan fingerprint density at radius 1 is 1.29 bits per heavy atom. The number of anilines is 1. The van der Waals surface area contributed by atoms with Crippen molar-refractivity contribution >= 4 is 39.6 Å². The van der Waals surface area contributed by atoms with Crippen LogP contribution in [-0.4, -0.2) is 18.5 Å². The van der Waals surface area contributed by atoms with Crippen molar-refractivity contribution in [1.29, 1.82) is 5.26 Å². The molecular formula is C17H16N2O3S2. The highest BCUT2D eigenvalue weighted by Crippen LogP contribution is 2.29. The molecule has 7 heteroatoms. The molecule has 0 radical (unpaired) electrons. The number of rotatable bonds is 4. The Hall–Kier alpha value is -2.17. The minimum Gasteiger partial charge on any atom is -0.451 e. The van der Waals surface area contributed by atoms with Gasteiger partial charge < -0.3 is 10.1 Å². The third kappa shape index (κ3) is 3.83. The van der Waals surface area contributed by atoms with Crippen LogP contribution in [0.3, 0.4) is 0 Å². The van der Waals surface area contributed by atoms with Crippen LogP contribution in [0.2, 0.25) is 0 Å². The summed E-state index contributed by atoms with van der Waals surface area (Å²) in [4.78, 5) is 25.8. The number of ether oxygens (including phenoxy) is 1. The van der Waals surface area contributed by atoms with Crippen molar-refractivity contribution in [2.75, 3.05) is 11.9 Å². The van der Waals surface area contributed by atoms with Crippen LogP contribution in [0.15, 0.2) is 17.5 Å². The summed E-state index contributed by atoms with van der Waals surface area (Å²) in [6.07, 6.45) is 5.57. The fourth-order valence-electron chi connectivity index (χ4n) is 2.63. The Labute approximate surface area is 147 Å². The van der Waals surface area contributed by atoms with Gasteiger partial charge in [0.1, 0.15) is 15.9 Å². The monoisotopic (exact) mass is 360 g/mol. The summed E-state index contributed by atoms with van der Waals surface area (Å²) in [7, 11) is 0. The van der Waals surface area contributed by atoms with Crippen LogP contribution >= 0.6 is 22.7 Å². The minimum atomic E-state index is -0.463. The lowest BCUT2D eigenvalue weighted by molar-refractivity contribution is -0.119. The van der Waals surface area contributed by atoms with E-state index in [2.05, 4.69) is 5.32 Å². The van der Waals surface area contributed by atoms with Gasteiger partial charge in [0.25, 0.3) is 5.91 Å². The second kappa shape index (κ2) is 7.60. The zero-order valence-corrected chi connectivity index (χ0v) is 14.6. The van der Waals surface area contributed by atoms with E-state index in [4.69, 9.17) is 10.00 Å². The average Bonchev–Trinajstić information content (AvgIpc) is 3.14. The van der Waals surface area contributed by atoms with E-state index >= 15 is 0 Å². The molecule has 5 nitrogen and oxygen atoms in total. The number of nitrogens with one attached hydrogen (secondary N) is 1. The zero-order chi connectivity index (χ0) is 16.9. The Morgan fingerprint density at radius 3 is 2.96 bits per heavy atom. The van der Waals surface area contributed by atoms with Gasteiger partial charge in [0, 0.05) is 4.88 Å². The summed E-state index contributed by atoms with van der Waals surface area (Å²) < 4.78 is 5.10. The van der Waals surface area contributed by atoms with E-state index in [9.17, 15) is 9.59 Å². The summed E-state index contributed by atoms with van der Waals surface area (Å²) in [5, 5.41) is 13.7. The maximum absolute atomic E-state index is 12.1. The third-order valence-electron chi connectivity index (χ3n) is 3.82. The summed E-state index contributed by atoms with van der Waals surface area (Å²) >= 11 is 2.73. The Balaban J connectivity index is 1.56. The molecule has 1 aliphatic carbocycles. The van der Waals surface area contributed by atoms with Crippen LogP contribution in [0.25, 0.3) is 0 Å². The van der Waals surface area contributed by atoms with Crippen molar-refractivity contribution in [2.24, 2.45) is 0 Å². The number of hydrogen-bond acceptors (Lipinski definition) is 6. The topological polar surface area (TPSA) is 79.2 Å². The second-order valence-electron chi connectivity index (χ2n) is 5.52. The van der Waals surface area contributed by atoms with Gasteiger partial charge in [0.2, 0.25) is 0 Å². The lowest BCUT2D eigenvalue weighted by Crippen LogP contribution is -2.20.